The second-order valence-corrected chi connectivity index (χ2v) is 8.04. The molecule has 0 unspecified atom stereocenters. The largest absolute Gasteiger partial charge is 0.457 e. The highest BCUT2D eigenvalue weighted by Crippen LogP contribution is 2.25. The Labute approximate surface area is 210 Å². The first kappa shape index (κ1) is 24.5. The zero-order valence-corrected chi connectivity index (χ0v) is 20.1. The van der Waals surface area contributed by atoms with Crippen LogP contribution in [0.5, 0.6) is 11.5 Å². The Morgan fingerprint density at radius 3 is 2.44 bits per heavy atom. The van der Waals surface area contributed by atoms with Gasteiger partial charge in [0.2, 0.25) is 5.95 Å². The molecule has 0 spiro atoms. The first-order valence-corrected chi connectivity index (χ1v) is 11.1. The molecule has 2 aromatic heterocycles. The lowest BCUT2D eigenvalue weighted by molar-refractivity contribution is 0.254. The molecule has 2 amide bonds. The van der Waals surface area contributed by atoms with Gasteiger partial charge in [0.15, 0.2) is 0 Å². The fraction of sp³-hybridized carbons (Fsp3) is 0.125. The predicted molar refractivity (Wildman–Crippen MR) is 136 cm³/mol. The van der Waals surface area contributed by atoms with E-state index in [0.717, 1.165) is 10.1 Å². The zero-order chi connectivity index (χ0) is 25.7. The molecule has 11 nitrogen and oxygen atoms in total. The number of hydrogen-bond donors (Lipinski definition) is 3. The number of aromatic nitrogens is 4. The zero-order valence-electron chi connectivity index (χ0n) is 19.4. The molecule has 0 aliphatic rings. The van der Waals surface area contributed by atoms with Crippen molar-refractivity contribution in [3.05, 3.63) is 98.4 Å². The van der Waals surface area contributed by atoms with E-state index in [1.165, 1.54) is 24.9 Å². The van der Waals surface area contributed by atoms with Crippen molar-refractivity contribution < 1.29 is 9.53 Å². The highest BCUT2D eigenvalue weighted by molar-refractivity contribution is 6.30. The van der Waals surface area contributed by atoms with Gasteiger partial charge in [0.25, 0.3) is 0 Å². The van der Waals surface area contributed by atoms with Gasteiger partial charge in [-0.25, -0.2) is 23.9 Å². The molecule has 0 saturated carbocycles. The fourth-order valence-corrected chi connectivity index (χ4v) is 3.31. The van der Waals surface area contributed by atoms with E-state index in [4.69, 9.17) is 16.3 Å². The number of carbonyl (C=O) groups is 1. The van der Waals surface area contributed by atoms with Crippen LogP contribution in [0.25, 0.3) is 0 Å². The average molecular weight is 508 g/mol. The van der Waals surface area contributed by atoms with Crippen molar-refractivity contribution in [1.29, 1.82) is 0 Å². The summed E-state index contributed by atoms with van der Waals surface area (Å²) in [6, 6.07) is 16.7. The van der Waals surface area contributed by atoms with E-state index >= 15 is 0 Å². The first-order valence-electron chi connectivity index (χ1n) is 10.7. The summed E-state index contributed by atoms with van der Waals surface area (Å²) in [6.07, 6.45) is 1.51. The molecule has 36 heavy (non-hydrogen) atoms. The van der Waals surface area contributed by atoms with Gasteiger partial charge in [-0.1, -0.05) is 23.7 Å². The summed E-state index contributed by atoms with van der Waals surface area (Å²) in [5, 5.41) is 8.63. The molecule has 0 bridgehead atoms. The van der Waals surface area contributed by atoms with Gasteiger partial charge in [0.1, 0.15) is 17.3 Å². The van der Waals surface area contributed by atoms with Crippen LogP contribution in [-0.2, 0) is 13.6 Å². The van der Waals surface area contributed by atoms with Crippen LogP contribution in [0.2, 0.25) is 5.02 Å². The minimum atomic E-state index is -0.673. The van der Waals surface area contributed by atoms with E-state index in [2.05, 4.69) is 25.9 Å². The van der Waals surface area contributed by atoms with Crippen LogP contribution in [-0.4, -0.2) is 32.2 Å². The SMILES string of the molecule is CNC(=O)Nc1cc(Oc2ccc(Nc3nc(=O)n(C)c(=O)n3Cc3ccc(Cl)cc3)cc2)ccn1. The number of rotatable bonds is 7. The van der Waals surface area contributed by atoms with Crippen LogP contribution in [0.4, 0.5) is 22.2 Å². The molecule has 2 heterocycles. The van der Waals surface area contributed by atoms with E-state index in [-0.39, 0.29) is 12.5 Å². The average Bonchev–Trinajstić information content (AvgIpc) is 2.87. The number of urea groups is 1. The number of carbonyl (C=O) groups excluding carboxylic acids is 1. The Balaban J connectivity index is 1.53. The minimum absolute atomic E-state index is 0.103. The maximum Gasteiger partial charge on any atom is 0.354 e. The summed E-state index contributed by atoms with van der Waals surface area (Å²) in [7, 11) is 2.88. The molecule has 0 saturated heterocycles. The van der Waals surface area contributed by atoms with Gasteiger partial charge in [-0.2, -0.15) is 4.98 Å². The van der Waals surface area contributed by atoms with Crippen molar-refractivity contribution >= 4 is 35.1 Å². The van der Waals surface area contributed by atoms with Crippen molar-refractivity contribution in [3.63, 3.8) is 0 Å². The summed E-state index contributed by atoms with van der Waals surface area (Å²) in [6.45, 7) is 0.190. The lowest BCUT2D eigenvalue weighted by Crippen LogP contribution is -2.41. The van der Waals surface area contributed by atoms with Crippen molar-refractivity contribution in [3.8, 4) is 11.5 Å². The Hall–Kier alpha value is -4.64. The van der Waals surface area contributed by atoms with Gasteiger partial charge in [0, 0.05) is 37.1 Å². The number of nitrogens with one attached hydrogen (secondary N) is 3. The van der Waals surface area contributed by atoms with Gasteiger partial charge in [-0.15, -0.1) is 0 Å². The summed E-state index contributed by atoms with van der Waals surface area (Å²) in [4.78, 5) is 44.6. The molecule has 3 N–H and O–H groups in total. The van der Waals surface area contributed by atoms with E-state index in [9.17, 15) is 14.4 Å². The second-order valence-electron chi connectivity index (χ2n) is 7.60. The normalized spacial score (nSPS) is 10.5. The quantitative estimate of drug-likeness (QED) is 0.349. The van der Waals surface area contributed by atoms with E-state index < -0.39 is 17.4 Å². The highest BCUT2D eigenvalue weighted by Gasteiger charge is 2.12. The third kappa shape index (κ3) is 5.88. The lowest BCUT2D eigenvalue weighted by Gasteiger charge is -2.15. The molecule has 0 radical (unpaired) electrons. The third-order valence-corrected chi connectivity index (χ3v) is 5.31. The van der Waals surface area contributed by atoms with Gasteiger partial charge in [-0.3, -0.25) is 9.88 Å². The summed E-state index contributed by atoms with van der Waals surface area (Å²) < 4.78 is 8.14. The Morgan fingerprint density at radius 2 is 1.75 bits per heavy atom. The fourth-order valence-electron chi connectivity index (χ4n) is 3.18. The van der Waals surface area contributed by atoms with Crippen LogP contribution < -0.4 is 32.1 Å². The molecule has 0 fully saturated rings. The monoisotopic (exact) mass is 507 g/mol. The van der Waals surface area contributed by atoms with Gasteiger partial charge < -0.3 is 15.4 Å². The van der Waals surface area contributed by atoms with Crippen molar-refractivity contribution in [1.82, 2.24) is 24.4 Å². The van der Waals surface area contributed by atoms with Crippen molar-refractivity contribution in [2.45, 2.75) is 6.54 Å². The Bertz CT molecular complexity index is 1500. The van der Waals surface area contributed by atoms with Gasteiger partial charge in [-0.05, 0) is 48.0 Å². The molecule has 12 heteroatoms. The molecule has 2 aromatic carbocycles. The van der Waals surface area contributed by atoms with Crippen LogP contribution in [0.15, 0.2) is 76.4 Å². The predicted octanol–water partition coefficient (Wildman–Crippen LogP) is 3.33. The number of benzene rings is 2. The Morgan fingerprint density at radius 1 is 1.03 bits per heavy atom. The maximum atomic E-state index is 12.8. The van der Waals surface area contributed by atoms with Crippen LogP contribution in [0.1, 0.15) is 5.56 Å². The molecule has 4 rings (SSSR count). The third-order valence-electron chi connectivity index (χ3n) is 5.06. The second kappa shape index (κ2) is 10.7. The molecule has 4 aromatic rings. The number of anilines is 3. The lowest BCUT2D eigenvalue weighted by atomic mass is 10.2. The Kier molecular flexibility index (Phi) is 7.31. The van der Waals surface area contributed by atoms with E-state index in [0.29, 0.717) is 28.0 Å². The number of nitrogens with zero attached hydrogens (tertiary/aromatic N) is 4. The van der Waals surface area contributed by atoms with E-state index in [1.807, 2.05) is 0 Å². The summed E-state index contributed by atoms with van der Waals surface area (Å²) >= 11 is 5.96. The van der Waals surface area contributed by atoms with Crippen molar-refractivity contribution in [2.24, 2.45) is 7.05 Å². The first-order chi connectivity index (χ1) is 17.3. The number of hydrogen-bond acceptors (Lipinski definition) is 7. The molecule has 0 atom stereocenters. The molecule has 0 aliphatic carbocycles. The molecule has 184 valence electrons. The number of halogens is 1. The van der Waals surface area contributed by atoms with Crippen molar-refractivity contribution in [2.75, 3.05) is 17.7 Å². The molecular formula is C24H22ClN7O4. The summed E-state index contributed by atoms with van der Waals surface area (Å²) in [5.74, 6) is 1.43. The highest BCUT2D eigenvalue weighted by atomic mass is 35.5. The smallest absolute Gasteiger partial charge is 0.354 e. The standard InChI is InChI=1S/C24H22ClN7O4/c1-26-22(33)29-20-13-19(11-12-27-20)36-18-9-7-17(8-10-18)28-21-30-23(34)31(2)24(35)32(21)14-15-3-5-16(25)6-4-15/h3-13H,14H2,1-2H3,(H,28,30,34)(H2,26,27,29,33). The number of pyridine rings is 1. The summed E-state index contributed by atoms with van der Waals surface area (Å²) in [5.41, 5.74) is 0.223. The van der Waals surface area contributed by atoms with Gasteiger partial charge >= 0.3 is 17.4 Å². The van der Waals surface area contributed by atoms with Crippen LogP contribution in [0.3, 0.4) is 0 Å². The van der Waals surface area contributed by atoms with Gasteiger partial charge in [0.05, 0.1) is 6.54 Å². The number of ether oxygens (including phenoxy) is 1. The number of amides is 2. The molecular weight excluding hydrogens is 486 g/mol. The van der Waals surface area contributed by atoms with E-state index in [1.54, 1.807) is 60.7 Å². The maximum absolute atomic E-state index is 12.8. The van der Waals surface area contributed by atoms with Crippen LogP contribution in [0, 0.1) is 0 Å². The van der Waals surface area contributed by atoms with Crippen LogP contribution >= 0.6 is 11.6 Å². The minimum Gasteiger partial charge on any atom is -0.457 e. The topological polar surface area (TPSA) is 132 Å². The molecule has 0 aliphatic heterocycles.